The average molecular weight is 288 g/mol. The minimum Gasteiger partial charge on any atom is -0.258 e. The number of nitro groups is 1. The van der Waals surface area contributed by atoms with Gasteiger partial charge in [-0.3, -0.25) is 10.1 Å². The third-order valence-corrected chi connectivity index (χ3v) is 5.30. The van der Waals surface area contributed by atoms with Crippen LogP contribution in [0.4, 0.5) is 5.69 Å². The lowest BCUT2D eigenvalue weighted by Crippen LogP contribution is -2.29. The van der Waals surface area contributed by atoms with Crippen molar-refractivity contribution in [2.75, 3.05) is 18.6 Å². The SMILES string of the molecule is CS(=O)(=O)N1CCS[C@H]1c1ccc([N+](=O)[O-])cc1. The molecule has 0 aromatic heterocycles. The number of nitrogens with zero attached hydrogens (tertiary/aromatic N) is 2. The zero-order valence-electron chi connectivity index (χ0n) is 9.64. The van der Waals surface area contributed by atoms with Gasteiger partial charge in [0.05, 0.1) is 16.6 Å². The highest BCUT2D eigenvalue weighted by Gasteiger charge is 2.33. The lowest BCUT2D eigenvalue weighted by atomic mass is 10.2. The topological polar surface area (TPSA) is 80.5 Å². The van der Waals surface area contributed by atoms with Gasteiger partial charge in [0.2, 0.25) is 10.0 Å². The van der Waals surface area contributed by atoms with Crippen LogP contribution in [-0.4, -0.2) is 36.2 Å². The van der Waals surface area contributed by atoms with Crippen molar-refractivity contribution in [2.24, 2.45) is 0 Å². The van der Waals surface area contributed by atoms with E-state index in [2.05, 4.69) is 0 Å². The molecule has 6 nitrogen and oxygen atoms in total. The Labute approximate surface area is 109 Å². The van der Waals surface area contributed by atoms with Crippen LogP contribution in [0.3, 0.4) is 0 Å². The Bertz CT molecular complexity index is 556. The van der Waals surface area contributed by atoms with Crippen molar-refractivity contribution in [1.82, 2.24) is 4.31 Å². The van der Waals surface area contributed by atoms with Crippen LogP contribution in [0.15, 0.2) is 24.3 Å². The molecule has 1 aromatic carbocycles. The summed E-state index contributed by atoms with van der Waals surface area (Å²) in [5, 5.41) is 10.3. The fourth-order valence-corrected chi connectivity index (χ4v) is 4.62. The predicted octanol–water partition coefficient (Wildman–Crippen LogP) is 1.60. The molecule has 0 aliphatic carbocycles. The van der Waals surface area contributed by atoms with Gasteiger partial charge in [-0.2, -0.15) is 4.31 Å². The summed E-state index contributed by atoms with van der Waals surface area (Å²) < 4.78 is 24.6. The highest BCUT2D eigenvalue weighted by atomic mass is 32.2. The van der Waals surface area contributed by atoms with Gasteiger partial charge >= 0.3 is 0 Å². The van der Waals surface area contributed by atoms with Gasteiger partial charge in [-0.15, -0.1) is 11.8 Å². The molecule has 0 N–H and O–H groups in total. The van der Waals surface area contributed by atoms with Crippen LogP contribution in [0.25, 0.3) is 0 Å². The van der Waals surface area contributed by atoms with E-state index in [0.717, 1.165) is 11.3 Å². The van der Waals surface area contributed by atoms with Gasteiger partial charge < -0.3 is 0 Å². The van der Waals surface area contributed by atoms with E-state index in [1.807, 2.05) is 0 Å². The molecular weight excluding hydrogens is 276 g/mol. The van der Waals surface area contributed by atoms with Crippen LogP contribution in [0.2, 0.25) is 0 Å². The maximum absolute atomic E-state index is 11.6. The van der Waals surface area contributed by atoms with Gasteiger partial charge in [0.25, 0.3) is 5.69 Å². The van der Waals surface area contributed by atoms with Gasteiger partial charge in [-0.25, -0.2) is 8.42 Å². The van der Waals surface area contributed by atoms with E-state index >= 15 is 0 Å². The molecular formula is C10H12N2O4S2. The number of thioether (sulfide) groups is 1. The van der Waals surface area contributed by atoms with E-state index in [1.165, 1.54) is 34.5 Å². The van der Waals surface area contributed by atoms with Crippen LogP contribution >= 0.6 is 11.8 Å². The largest absolute Gasteiger partial charge is 0.269 e. The molecule has 0 radical (unpaired) electrons. The maximum atomic E-state index is 11.6. The van der Waals surface area contributed by atoms with E-state index in [0.29, 0.717) is 6.54 Å². The van der Waals surface area contributed by atoms with Gasteiger partial charge in [-0.1, -0.05) is 0 Å². The van der Waals surface area contributed by atoms with Crippen molar-refractivity contribution < 1.29 is 13.3 Å². The second kappa shape index (κ2) is 4.87. The molecule has 18 heavy (non-hydrogen) atoms. The number of sulfonamides is 1. The van der Waals surface area contributed by atoms with E-state index in [9.17, 15) is 18.5 Å². The summed E-state index contributed by atoms with van der Waals surface area (Å²) in [6.45, 7) is 0.477. The number of hydrogen-bond donors (Lipinski definition) is 0. The zero-order valence-corrected chi connectivity index (χ0v) is 11.3. The summed E-state index contributed by atoms with van der Waals surface area (Å²) >= 11 is 1.52. The molecule has 1 heterocycles. The van der Waals surface area contributed by atoms with Gasteiger partial charge in [0.1, 0.15) is 0 Å². The molecule has 0 unspecified atom stereocenters. The van der Waals surface area contributed by atoms with Crippen molar-refractivity contribution in [3.05, 3.63) is 39.9 Å². The molecule has 1 fully saturated rings. The standard InChI is InChI=1S/C10H12N2O4S2/c1-18(15,16)11-6-7-17-10(11)8-2-4-9(5-3-8)12(13)14/h2-5,10H,6-7H2,1H3/t10-/m0/s1. The molecule has 0 spiro atoms. The third-order valence-electron chi connectivity index (χ3n) is 2.66. The molecule has 0 saturated carbocycles. The lowest BCUT2D eigenvalue weighted by molar-refractivity contribution is -0.384. The van der Waals surface area contributed by atoms with Crippen LogP contribution in [-0.2, 0) is 10.0 Å². The van der Waals surface area contributed by atoms with E-state index in [4.69, 9.17) is 0 Å². The highest BCUT2D eigenvalue weighted by molar-refractivity contribution is 8.00. The molecule has 1 aliphatic heterocycles. The van der Waals surface area contributed by atoms with Crippen molar-refractivity contribution in [3.8, 4) is 0 Å². The minimum absolute atomic E-state index is 0.00709. The maximum Gasteiger partial charge on any atom is 0.269 e. The van der Waals surface area contributed by atoms with Gasteiger partial charge in [-0.05, 0) is 17.7 Å². The summed E-state index contributed by atoms with van der Waals surface area (Å²) in [4.78, 5) is 10.1. The molecule has 1 aliphatic rings. The molecule has 1 saturated heterocycles. The number of hydrogen-bond acceptors (Lipinski definition) is 5. The first-order valence-corrected chi connectivity index (χ1v) is 8.12. The third kappa shape index (κ3) is 2.65. The van der Waals surface area contributed by atoms with E-state index in [-0.39, 0.29) is 11.1 Å². The number of nitro benzene ring substituents is 1. The van der Waals surface area contributed by atoms with Gasteiger partial charge in [0, 0.05) is 24.4 Å². The quantitative estimate of drug-likeness (QED) is 0.623. The molecule has 0 bridgehead atoms. The Morgan fingerprint density at radius 1 is 1.39 bits per heavy atom. The summed E-state index contributed by atoms with van der Waals surface area (Å²) in [6, 6.07) is 6.02. The Morgan fingerprint density at radius 2 is 2.00 bits per heavy atom. The Morgan fingerprint density at radius 3 is 2.50 bits per heavy atom. The Hall–Kier alpha value is -1.12. The predicted molar refractivity (Wildman–Crippen MR) is 69.8 cm³/mol. The second-order valence-corrected chi connectivity index (χ2v) is 7.07. The number of benzene rings is 1. The first-order chi connectivity index (χ1) is 8.39. The van der Waals surface area contributed by atoms with Crippen LogP contribution in [0.1, 0.15) is 10.9 Å². The monoisotopic (exact) mass is 288 g/mol. The van der Waals surface area contributed by atoms with Crippen molar-refractivity contribution in [1.29, 1.82) is 0 Å². The Balaban J connectivity index is 2.28. The molecule has 98 valence electrons. The lowest BCUT2D eigenvalue weighted by Gasteiger charge is -2.21. The Kier molecular flexibility index (Phi) is 3.60. The van der Waals surface area contributed by atoms with Crippen LogP contribution < -0.4 is 0 Å². The number of rotatable bonds is 3. The summed E-state index contributed by atoms with van der Waals surface area (Å²) in [7, 11) is -3.25. The second-order valence-electron chi connectivity index (χ2n) is 3.95. The fraction of sp³-hybridized carbons (Fsp3) is 0.400. The number of non-ortho nitro benzene ring substituents is 1. The van der Waals surface area contributed by atoms with Crippen molar-refractivity contribution in [3.63, 3.8) is 0 Å². The molecule has 2 rings (SSSR count). The molecule has 8 heteroatoms. The molecule has 0 amide bonds. The zero-order chi connectivity index (χ0) is 13.3. The highest BCUT2D eigenvalue weighted by Crippen LogP contribution is 2.39. The van der Waals surface area contributed by atoms with Gasteiger partial charge in [0.15, 0.2) is 0 Å². The smallest absolute Gasteiger partial charge is 0.258 e. The van der Waals surface area contributed by atoms with Crippen LogP contribution in [0.5, 0.6) is 0 Å². The summed E-state index contributed by atoms with van der Waals surface area (Å²) in [5.41, 5.74) is 0.779. The van der Waals surface area contributed by atoms with Crippen molar-refractivity contribution in [2.45, 2.75) is 5.37 Å². The van der Waals surface area contributed by atoms with E-state index in [1.54, 1.807) is 12.1 Å². The van der Waals surface area contributed by atoms with Crippen LogP contribution in [0, 0.1) is 10.1 Å². The normalized spacial score (nSPS) is 21.1. The molecule has 1 atom stereocenters. The van der Waals surface area contributed by atoms with Crippen molar-refractivity contribution >= 4 is 27.5 Å². The molecule has 1 aromatic rings. The summed E-state index contributed by atoms with van der Waals surface area (Å²) in [6.07, 6.45) is 1.18. The fourth-order valence-electron chi connectivity index (χ4n) is 1.82. The first kappa shape index (κ1) is 13.3. The summed E-state index contributed by atoms with van der Waals surface area (Å²) in [5.74, 6) is 0.731. The average Bonchev–Trinajstić information content (AvgIpc) is 2.77. The minimum atomic E-state index is -3.25. The van der Waals surface area contributed by atoms with E-state index < -0.39 is 14.9 Å². The first-order valence-electron chi connectivity index (χ1n) is 5.22.